The molecular weight excluding hydrogens is 246 g/mol. The Labute approximate surface area is 110 Å². The van der Waals surface area contributed by atoms with E-state index < -0.39 is 11.5 Å². The van der Waals surface area contributed by atoms with E-state index in [1.54, 1.807) is 18.7 Å². The van der Waals surface area contributed by atoms with Gasteiger partial charge in [0.05, 0.1) is 5.69 Å². The summed E-state index contributed by atoms with van der Waals surface area (Å²) < 4.78 is 0. The highest BCUT2D eigenvalue weighted by Gasteiger charge is 2.42. The van der Waals surface area contributed by atoms with Crippen molar-refractivity contribution in [3.8, 4) is 6.07 Å². The maximum Gasteiger partial charge on any atom is 0.325 e. The van der Waals surface area contributed by atoms with Gasteiger partial charge in [0.2, 0.25) is 0 Å². The van der Waals surface area contributed by atoms with Gasteiger partial charge in [-0.25, -0.2) is 0 Å². The number of carboxylic acid groups (broad SMARTS) is 1. The third-order valence-corrected chi connectivity index (χ3v) is 3.57. The van der Waals surface area contributed by atoms with E-state index in [9.17, 15) is 10.1 Å². The minimum absolute atomic E-state index is 0.133. The summed E-state index contributed by atoms with van der Waals surface area (Å²) in [6.07, 6.45) is 0.321. The van der Waals surface area contributed by atoms with Gasteiger partial charge in [-0.2, -0.15) is 10.4 Å². The number of aliphatic carboxylic acids is 1. The summed E-state index contributed by atoms with van der Waals surface area (Å²) in [5, 5.41) is 26.4. The minimum Gasteiger partial charge on any atom is -0.480 e. The lowest BCUT2D eigenvalue weighted by Gasteiger charge is -2.21. The van der Waals surface area contributed by atoms with E-state index in [0.717, 1.165) is 5.56 Å². The van der Waals surface area contributed by atoms with Gasteiger partial charge >= 0.3 is 5.97 Å². The summed E-state index contributed by atoms with van der Waals surface area (Å²) in [4.78, 5) is 12.8. The summed E-state index contributed by atoms with van der Waals surface area (Å²) in [6, 6.07) is 2.11. The van der Waals surface area contributed by atoms with Crippen molar-refractivity contribution < 1.29 is 9.90 Å². The fraction of sp³-hybridized carbons (Fsp3) is 0.500. The Bertz CT molecular complexity index is 580. The molecule has 1 unspecified atom stereocenters. The van der Waals surface area contributed by atoms with E-state index in [4.69, 9.17) is 10.8 Å². The van der Waals surface area contributed by atoms with Crippen LogP contribution >= 0.6 is 0 Å². The first-order valence-corrected chi connectivity index (χ1v) is 5.90. The van der Waals surface area contributed by atoms with E-state index >= 15 is 0 Å². The molecule has 1 aromatic rings. The molecule has 1 aromatic heterocycles. The normalized spacial score (nSPS) is 22.3. The van der Waals surface area contributed by atoms with Crippen LogP contribution in [0.15, 0.2) is 0 Å². The molecule has 2 rings (SSSR count). The fourth-order valence-electron chi connectivity index (χ4n) is 2.14. The average Bonchev–Trinajstić information content (AvgIpc) is 2.76. The molecule has 0 bridgehead atoms. The van der Waals surface area contributed by atoms with Gasteiger partial charge in [0, 0.05) is 13.1 Å². The molecule has 0 saturated carbocycles. The highest BCUT2D eigenvalue weighted by molar-refractivity contribution is 5.80. The first-order chi connectivity index (χ1) is 8.89. The zero-order valence-electron chi connectivity index (χ0n) is 10.8. The van der Waals surface area contributed by atoms with E-state index in [1.165, 1.54) is 0 Å². The molecule has 2 heterocycles. The number of nitrogens with two attached hydrogens (primary N) is 1. The van der Waals surface area contributed by atoms with Crippen molar-refractivity contribution in [2.45, 2.75) is 25.8 Å². The van der Waals surface area contributed by atoms with Gasteiger partial charge < -0.3 is 15.7 Å². The molecule has 0 aliphatic carbocycles. The number of aromatic nitrogens is 2. The fourth-order valence-corrected chi connectivity index (χ4v) is 2.14. The second-order valence-electron chi connectivity index (χ2n) is 4.85. The Kier molecular flexibility index (Phi) is 3.12. The van der Waals surface area contributed by atoms with Gasteiger partial charge in [-0.05, 0) is 25.8 Å². The highest BCUT2D eigenvalue weighted by atomic mass is 16.4. The Hall–Kier alpha value is -2.20. The van der Waals surface area contributed by atoms with E-state index in [-0.39, 0.29) is 6.54 Å². The molecule has 0 radical (unpaired) electrons. The Morgan fingerprint density at radius 2 is 2.21 bits per heavy atom. The summed E-state index contributed by atoms with van der Waals surface area (Å²) in [6.45, 7) is 4.17. The zero-order chi connectivity index (χ0) is 14.2. The molecule has 1 atom stereocenters. The third kappa shape index (κ3) is 2.11. The monoisotopic (exact) mass is 261 g/mol. The van der Waals surface area contributed by atoms with Crippen LogP contribution in [0.5, 0.6) is 0 Å². The predicted octanol–water partition coefficient (Wildman–Crippen LogP) is -0.0427. The molecule has 0 amide bonds. The molecule has 0 spiro atoms. The standard InChI is InChI=1S/C12H15N5O2/c1-7-8(2)15-16-10(9(7)5-13)17-4-3-12(14,6-17)11(18)19/h3-4,6,14H2,1-2H3,(H,18,19). The lowest BCUT2D eigenvalue weighted by atomic mass is 10.0. The van der Waals surface area contributed by atoms with Gasteiger partial charge in [0.15, 0.2) is 5.82 Å². The van der Waals surface area contributed by atoms with Crippen molar-refractivity contribution in [1.29, 1.82) is 5.26 Å². The zero-order valence-corrected chi connectivity index (χ0v) is 10.8. The molecule has 19 heavy (non-hydrogen) atoms. The maximum atomic E-state index is 11.1. The number of hydrogen-bond donors (Lipinski definition) is 2. The minimum atomic E-state index is -1.28. The van der Waals surface area contributed by atoms with Crippen molar-refractivity contribution in [2.24, 2.45) is 5.73 Å². The van der Waals surface area contributed by atoms with Gasteiger partial charge in [0.1, 0.15) is 17.2 Å². The predicted molar refractivity (Wildman–Crippen MR) is 67.6 cm³/mol. The van der Waals surface area contributed by atoms with Crippen molar-refractivity contribution in [2.75, 3.05) is 18.0 Å². The van der Waals surface area contributed by atoms with Gasteiger partial charge in [-0.1, -0.05) is 0 Å². The molecule has 100 valence electrons. The van der Waals surface area contributed by atoms with Crippen molar-refractivity contribution in [3.63, 3.8) is 0 Å². The van der Waals surface area contributed by atoms with Crippen LogP contribution in [0.1, 0.15) is 23.2 Å². The average molecular weight is 261 g/mol. The quantitative estimate of drug-likeness (QED) is 0.767. The van der Waals surface area contributed by atoms with Crippen molar-refractivity contribution in [3.05, 3.63) is 16.8 Å². The van der Waals surface area contributed by atoms with Crippen LogP contribution in [0.25, 0.3) is 0 Å². The molecule has 7 heteroatoms. The molecule has 0 aromatic carbocycles. The van der Waals surface area contributed by atoms with Gasteiger partial charge in [-0.15, -0.1) is 5.10 Å². The number of carboxylic acids is 1. The van der Waals surface area contributed by atoms with Crippen LogP contribution in [-0.2, 0) is 4.79 Å². The highest BCUT2D eigenvalue weighted by Crippen LogP contribution is 2.28. The number of nitrogens with zero attached hydrogens (tertiary/aromatic N) is 4. The second kappa shape index (κ2) is 4.48. The third-order valence-electron chi connectivity index (χ3n) is 3.57. The lowest BCUT2D eigenvalue weighted by molar-refractivity contribution is -0.142. The molecule has 1 saturated heterocycles. The number of rotatable bonds is 2. The number of nitriles is 1. The Morgan fingerprint density at radius 3 is 2.74 bits per heavy atom. The smallest absolute Gasteiger partial charge is 0.325 e. The topological polar surface area (TPSA) is 116 Å². The molecule has 3 N–H and O–H groups in total. The van der Waals surface area contributed by atoms with Crippen LogP contribution in [0.4, 0.5) is 5.82 Å². The van der Waals surface area contributed by atoms with Crippen LogP contribution in [-0.4, -0.2) is 39.9 Å². The number of anilines is 1. The molecular formula is C12H15N5O2. The van der Waals surface area contributed by atoms with Crippen LogP contribution < -0.4 is 10.6 Å². The summed E-state index contributed by atoms with van der Waals surface area (Å²) in [7, 11) is 0. The first kappa shape index (κ1) is 13.2. The Balaban J connectivity index is 2.38. The summed E-state index contributed by atoms with van der Waals surface area (Å²) in [5.74, 6) is -0.621. The van der Waals surface area contributed by atoms with Crippen LogP contribution in [0.3, 0.4) is 0 Å². The lowest BCUT2D eigenvalue weighted by Crippen LogP contribution is -2.50. The van der Waals surface area contributed by atoms with Crippen LogP contribution in [0, 0.1) is 25.2 Å². The van der Waals surface area contributed by atoms with Gasteiger partial charge in [-0.3, -0.25) is 4.79 Å². The van der Waals surface area contributed by atoms with Crippen molar-refractivity contribution >= 4 is 11.8 Å². The Morgan fingerprint density at radius 1 is 1.53 bits per heavy atom. The number of hydrogen-bond acceptors (Lipinski definition) is 6. The molecule has 1 aliphatic rings. The van der Waals surface area contributed by atoms with Gasteiger partial charge in [0.25, 0.3) is 0 Å². The second-order valence-corrected chi connectivity index (χ2v) is 4.85. The van der Waals surface area contributed by atoms with Crippen molar-refractivity contribution in [1.82, 2.24) is 10.2 Å². The molecule has 1 fully saturated rings. The van der Waals surface area contributed by atoms with E-state index in [0.29, 0.717) is 30.0 Å². The largest absolute Gasteiger partial charge is 0.480 e. The van der Waals surface area contributed by atoms with Crippen LogP contribution in [0.2, 0.25) is 0 Å². The maximum absolute atomic E-state index is 11.1. The SMILES string of the molecule is Cc1nnc(N2CCC(N)(C(=O)O)C2)c(C#N)c1C. The van der Waals surface area contributed by atoms with E-state index in [2.05, 4.69) is 16.3 Å². The van der Waals surface area contributed by atoms with E-state index in [1.807, 2.05) is 0 Å². The number of carbonyl (C=O) groups is 1. The first-order valence-electron chi connectivity index (χ1n) is 5.90. The molecule has 7 nitrogen and oxygen atoms in total. The summed E-state index contributed by atoms with van der Waals surface area (Å²) >= 11 is 0. The summed E-state index contributed by atoms with van der Waals surface area (Å²) in [5.41, 5.74) is 6.42. The molecule has 1 aliphatic heterocycles. The number of aryl methyl sites for hydroxylation is 1.